The van der Waals surface area contributed by atoms with E-state index in [0.29, 0.717) is 18.3 Å². The summed E-state index contributed by atoms with van der Waals surface area (Å²) in [7, 11) is 0. The third kappa shape index (κ3) is 4.19. The maximum atomic E-state index is 10.5. The van der Waals surface area contributed by atoms with Crippen LogP contribution in [0.4, 0.5) is 5.95 Å². The van der Waals surface area contributed by atoms with Crippen LogP contribution in [0.15, 0.2) is 5.16 Å². The molecule has 7 nitrogen and oxygen atoms in total. The number of anilines is 1. The van der Waals surface area contributed by atoms with Crippen molar-refractivity contribution < 1.29 is 14.6 Å². The lowest BCUT2D eigenvalue weighted by molar-refractivity contribution is -0.133. The number of nitrogens with zero attached hydrogens (tertiary/aromatic N) is 3. The van der Waals surface area contributed by atoms with Crippen LogP contribution in [-0.4, -0.2) is 43.8 Å². The van der Waals surface area contributed by atoms with E-state index in [1.165, 1.54) is 0 Å². The van der Waals surface area contributed by atoms with Crippen LogP contribution in [0.1, 0.15) is 20.8 Å². The molecule has 0 amide bonds. The van der Waals surface area contributed by atoms with Crippen LogP contribution in [0.3, 0.4) is 0 Å². The molecule has 0 saturated heterocycles. The van der Waals surface area contributed by atoms with Gasteiger partial charge < -0.3 is 15.6 Å². The molecule has 0 spiro atoms. The summed E-state index contributed by atoms with van der Waals surface area (Å²) in [5, 5.41) is 16.8. The summed E-state index contributed by atoms with van der Waals surface area (Å²) in [5.74, 6) is -0.722. The van der Waals surface area contributed by atoms with Gasteiger partial charge in [0.25, 0.3) is 0 Å². The zero-order valence-corrected chi connectivity index (χ0v) is 11.5. The van der Waals surface area contributed by atoms with Gasteiger partial charge in [-0.05, 0) is 20.8 Å². The number of nitrogen functional groups attached to an aromatic ring is 1. The summed E-state index contributed by atoms with van der Waals surface area (Å²) in [6.07, 6.45) is 0. The summed E-state index contributed by atoms with van der Waals surface area (Å²) >= 11 is 1.09. The highest BCUT2D eigenvalue weighted by Crippen LogP contribution is 2.22. The Morgan fingerprint density at radius 2 is 2.22 bits per heavy atom. The molecule has 0 bridgehead atoms. The number of aliphatic carboxylic acids is 1. The Kier molecular flexibility index (Phi) is 4.97. The van der Waals surface area contributed by atoms with Crippen molar-refractivity contribution in [1.29, 1.82) is 0 Å². The van der Waals surface area contributed by atoms with Crippen molar-refractivity contribution in [2.75, 3.05) is 18.1 Å². The highest BCUT2D eigenvalue weighted by atomic mass is 32.2. The fourth-order valence-corrected chi connectivity index (χ4v) is 2.16. The second-order valence-corrected chi connectivity index (χ2v) is 5.24. The highest BCUT2D eigenvalue weighted by Gasteiger charge is 2.22. The molecule has 1 aromatic rings. The van der Waals surface area contributed by atoms with Gasteiger partial charge in [-0.2, -0.15) is 0 Å². The standard InChI is InChI=1S/C10H18N4O3S/c1-4-17-10(2,3)6-14-8(11)12-13-9(14)18-5-7(15)16/h4-6H2,1-3H3,(H2,11,12)(H,15,16). The van der Waals surface area contributed by atoms with Gasteiger partial charge in [0.1, 0.15) is 0 Å². The monoisotopic (exact) mass is 274 g/mol. The van der Waals surface area contributed by atoms with Crippen LogP contribution in [0.5, 0.6) is 0 Å². The van der Waals surface area contributed by atoms with Crippen molar-refractivity contribution in [3.63, 3.8) is 0 Å². The first-order valence-corrected chi connectivity index (χ1v) is 6.51. The third-order valence-corrected chi connectivity index (χ3v) is 3.10. The van der Waals surface area contributed by atoms with Crippen molar-refractivity contribution >= 4 is 23.7 Å². The Bertz CT molecular complexity index is 419. The number of ether oxygens (including phenoxy) is 1. The molecule has 0 unspecified atom stereocenters. The lowest BCUT2D eigenvalue weighted by atomic mass is 10.1. The SMILES string of the molecule is CCOC(C)(C)Cn1c(N)nnc1SCC(=O)O. The molecule has 0 aliphatic rings. The van der Waals surface area contributed by atoms with E-state index < -0.39 is 11.6 Å². The highest BCUT2D eigenvalue weighted by molar-refractivity contribution is 7.99. The number of hydrogen-bond donors (Lipinski definition) is 2. The summed E-state index contributed by atoms with van der Waals surface area (Å²) in [6.45, 7) is 6.84. The smallest absolute Gasteiger partial charge is 0.313 e. The molecule has 1 rings (SSSR count). The van der Waals surface area contributed by atoms with Crippen LogP contribution >= 0.6 is 11.8 Å². The molecule has 0 aliphatic carbocycles. The van der Waals surface area contributed by atoms with Crippen molar-refractivity contribution in [1.82, 2.24) is 14.8 Å². The molecule has 3 N–H and O–H groups in total. The van der Waals surface area contributed by atoms with Gasteiger partial charge in [0, 0.05) is 6.61 Å². The molecule has 0 aromatic carbocycles. The van der Waals surface area contributed by atoms with Crippen LogP contribution in [-0.2, 0) is 16.1 Å². The molecule has 0 atom stereocenters. The quantitative estimate of drug-likeness (QED) is 0.710. The number of hydrogen-bond acceptors (Lipinski definition) is 6. The van der Waals surface area contributed by atoms with Crippen LogP contribution in [0.2, 0.25) is 0 Å². The van der Waals surface area contributed by atoms with E-state index in [0.717, 1.165) is 11.8 Å². The minimum Gasteiger partial charge on any atom is -0.481 e. The zero-order valence-electron chi connectivity index (χ0n) is 10.7. The Labute approximate surface area is 110 Å². The summed E-state index contributed by atoms with van der Waals surface area (Å²) in [5.41, 5.74) is 5.31. The van der Waals surface area contributed by atoms with Gasteiger partial charge in [-0.1, -0.05) is 11.8 Å². The fourth-order valence-electron chi connectivity index (χ4n) is 1.50. The zero-order chi connectivity index (χ0) is 13.8. The number of thioether (sulfide) groups is 1. The summed E-state index contributed by atoms with van der Waals surface area (Å²) in [6, 6.07) is 0. The van der Waals surface area contributed by atoms with E-state index in [-0.39, 0.29) is 11.7 Å². The molecule has 0 saturated carbocycles. The van der Waals surface area contributed by atoms with Gasteiger partial charge in [-0.25, -0.2) is 0 Å². The van der Waals surface area contributed by atoms with Crippen molar-refractivity contribution in [3.05, 3.63) is 0 Å². The third-order valence-electron chi connectivity index (χ3n) is 2.14. The van der Waals surface area contributed by atoms with E-state index in [1.54, 1.807) is 4.57 Å². The average molecular weight is 274 g/mol. The topological polar surface area (TPSA) is 103 Å². The average Bonchev–Trinajstić information content (AvgIpc) is 2.57. The van der Waals surface area contributed by atoms with E-state index in [9.17, 15) is 4.79 Å². The second kappa shape index (κ2) is 6.05. The Hall–Kier alpha value is -1.28. The number of nitrogens with two attached hydrogens (primary N) is 1. The first kappa shape index (κ1) is 14.8. The Balaban J connectivity index is 2.80. The minimum atomic E-state index is -0.905. The number of carbonyl (C=O) groups is 1. The number of carboxylic acid groups (broad SMARTS) is 1. The lowest BCUT2D eigenvalue weighted by Crippen LogP contribution is -2.31. The van der Waals surface area contributed by atoms with Gasteiger partial charge in [0.05, 0.1) is 17.9 Å². The first-order valence-electron chi connectivity index (χ1n) is 5.53. The molecule has 1 aromatic heterocycles. The van der Waals surface area contributed by atoms with Crippen LogP contribution in [0, 0.1) is 0 Å². The summed E-state index contributed by atoms with van der Waals surface area (Å²) in [4.78, 5) is 10.5. The van der Waals surface area contributed by atoms with Gasteiger partial charge in [0.2, 0.25) is 5.95 Å². The number of rotatable bonds is 7. The van der Waals surface area contributed by atoms with Crippen molar-refractivity contribution in [2.45, 2.75) is 38.1 Å². The first-order chi connectivity index (χ1) is 8.35. The van der Waals surface area contributed by atoms with E-state index in [1.807, 2.05) is 20.8 Å². The van der Waals surface area contributed by atoms with Crippen LogP contribution < -0.4 is 5.73 Å². The van der Waals surface area contributed by atoms with E-state index in [4.69, 9.17) is 15.6 Å². The van der Waals surface area contributed by atoms with Gasteiger partial charge >= 0.3 is 5.97 Å². The lowest BCUT2D eigenvalue weighted by Gasteiger charge is -2.25. The molecule has 102 valence electrons. The fraction of sp³-hybridized carbons (Fsp3) is 0.700. The predicted molar refractivity (Wildman–Crippen MR) is 68.5 cm³/mol. The Morgan fingerprint density at radius 1 is 1.56 bits per heavy atom. The Morgan fingerprint density at radius 3 is 2.78 bits per heavy atom. The maximum Gasteiger partial charge on any atom is 0.313 e. The van der Waals surface area contributed by atoms with Gasteiger partial charge in [-0.15, -0.1) is 10.2 Å². The van der Waals surface area contributed by atoms with Gasteiger partial charge in [0.15, 0.2) is 5.16 Å². The number of carboxylic acids is 1. The van der Waals surface area contributed by atoms with E-state index in [2.05, 4.69) is 10.2 Å². The molecule has 0 fully saturated rings. The van der Waals surface area contributed by atoms with E-state index >= 15 is 0 Å². The molecule has 18 heavy (non-hydrogen) atoms. The molecule has 8 heteroatoms. The van der Waals surface area contributed by atoms with Gasteiger partial charge in [-0.3, -0.25) is 9.36 Å². The van der Waals surface area contributed by atoms with Crippen LogP contribution in [0.25, 0.3) is 0 Å². The molecule has 0 radical (unpaired) electrons. The molecule has 1 heterocycles. The second-order valence-electron chi connectivity index (χ2n) is 4.30. The number of aromatic nitrogens is 3. The van der Waals surface area contributed by atoms with Crippen molar-refractivity contribution in [3.8, 4) is 0 Å². The van der Waals surface area contributed by atoms with Crippen molar-refractivity contribution in [2.24, 2.45) is 0 Å². The normalized spacial score (nSPS) is 11.7. The molecule has 0 aliphatic heterocycles. The molecular weight excluding hydrogens is 256 g/mol. The minimum absolute atomic E-state index is 0.0762. The predicted octanol–water partition coefficient (Wildman–Crippen LogP) is 0.852. The molecular formula is C10H18N4O3S. The summed E-state index contributed by atoms with van der Waals surface area (Å²) < 4.78 is 7.25. The largest absolute Gasteiger partial charge is 0.481 e. The maximum absolute atomic E-state index is 10.5.